The Morgan fingerprint density at radius 1 is 1.40 bits per heavy atom. The second-order valence-corrected chi connectivity index (χ2v) is 6.68. The number of carbonyl (C=O) groups is 1. The van der Waals surface area contributed by atoms with Gasteiger partial charge in [-0.2, -0.15) is 0 Å². The summed E-state index contributed by atoms with van der Waals surface area (Å²) in [4.78, 5) is 16.7. The van der Waals surface area contributed by atoms with Crippen molar-refractivity contribution in [1.29, 1.82) is 0 Å². The molecule has 0 saturated carbocycles. The Hall–Kier alpha value is -2.34. The summed E-state index contributed by atoms with van der Waals surface area (Å²) < 4.78 is 5.07. The van der Waals surface area contributed by atoms with Gasteiger partial charge in [-0.05, 0) is 38.3 Å². The van der Waals surface area contributed by atoms with Crippen LogP contribution in [0.25, 0.3) is 0 Å². The topological polar surface area (TPSA) is 61.6 Å². The second-order valence-electron chi connectivity index (χ2n) is 6.68. The molecular weight excluding hydrogens is 316 g/mol. The van der Waals surface area contributed by atoms with Crippen LogP contribution in [0.15, 0.2) is 40.9 Å². The number of rotatable bonds is 6. The van der Waals surface area contributed by atoms with E-state index in [4.69, 9.17) is 4.52 Å². The average molecular weight is 342 g/mol. The van der Waals surface area contributed by atoms with E-state index in [0.29, 0.717) is 18.3 Å². The van der Waals surface area contributed by atoms with Crippen molar-refractivity contribution in [3.05, 3.63) is 47.7 Å². The van der Waals surface area contributed by atoms with Crippen molar-refractivity contribution in [3.8, 4) is 0 Å². The van der Waals surface area contributed by atoms with Crippen LogP contribution in [0.5, 0.6) is 0 Å². The van der Waals surface area contributed by atoms with Crippen LogP contribution in [0, 0.1) is 12.8 Å². The maximum atomic E-state index is 12.4. The van der Waals surface area contributed by atoms with Crippen molar-refractivity contribution in [1.82, 2.24) is 15.0 Å². The Kier molecular flexibility index (Phi) is 5.71. The minimum Gasteiger partial charge on any atom is -0.338 e. The molecule has 1 aromatic carbocycles. The van der Waals surface area contributed by atoms with Crippen LogP contribution in [0.3, 0.4) is 0 Å². The lowest BCUT2D eigenvalue weighted by molar-refractivity contribution is 0.202. The molecule has 1 N–H and O–H groups in total. The highest BCUT2D eigenvalue weighted by molar-refractivity contribution is 5.87. The number of anilines is 1. The number of amides is 2. The summed E-state index contributed by atoms with van der Waals surface area (Å²) >= 11 is 0. The van der Waals surface area contributed by atoms with Gasteiger partial charge in [-0.1, -0.05) is 35.5 Å². The molecule has 0 aliphatic carbocycles. The molecule has 1 atom stereocenters. The molecule has 1 saturated heterocycles. The van der Waals surface area contributed by atoms with E-state index in [0.717, 1.165) is 38.3 Å². The zero-order valence-electron chi connectivity index (χ0n) is 14.9. The van der Waals surface area contributed by atoms with E-state index in [1.807, 2.05) is 24.8 Å². The smallest absolute Gasteiger partial charge is 0.324 e. The molecule has 3 rings (SSSR count). The van der Waals surface area contributed by atoms with E-state index in [-0.39, 0.29) is 6.03 Å². The van der Waals surface area contributed by atoms with Crippen LogP contribution < -0.4 is 5.32 Å². The number of urea groups is 1. The number of nitrogens with one attached hydrogen (secondary N) is 1. The van der Waals surface area contributed by atoms with Gasteiger partial charge in [-0.3, -0.25) is 10.2 Å². The Morgan fingerprint density at radius 2 is 2.20 bits per heavy atom. The van der Waals surface area contributed by atoms with E-state index >= 15 is 0 Å². The van der Waals surface area contributed by atoms with Gasteiger partial charge in [0.05, 0.1) is 5.69 Å². The summed E-state index contributed by atoms with van der Waals surface area (Å²) in [7, 11) is 0. The fraction of sp³-hybridized carbons (Fsp3) is 0.474. The molecule has 0 radical (unpaired) electrons. The predicted molar refractivity (Wildman–Crippen MR) is 97.3 cm³/mol. The SMILES string of the molecule is CCN(C[C@H]1CCN(Cc2ccccc2)C1)C(=O)Nc1cc(C)no1. The molecule has 1 aromatic heterocycles. The number of aromatic nitrogens is 1. The number of hydrogen-bond acceptors (Lipinski definition) is 4. The molecule has 1 aliphatic heterocycles. The van der Waals surface area contributed by atoms with E-state index < -0.39 is 0 Å². The first-order valence-electron chi connectivity index (χ1n) is 8.89. The average Bonchev–Trinajstić information content (AvgIpc) is 3.22. The van der Waals surface area contributed by atoms with Crippen LogP contribution in [0.4, 0.5) is 10.7 Å². The van der Waals surface area contributed by atoms with Gasteiger partial charge in [0.1, 0.15) is 0 Å². The molecule has 0 unspecified atom stereocenters. The molecule has 6 heteroatoms. The third-order valence-electron chi connectivity index (χ3n) is 4.62. The van der Waals surface area contributed by atoms with Gasteiger partial charge in [0, 0.05) is 32.2 Å². The first-order chi connectivity index (χ1) is 12.1. The summed E-state index contributed by atoms with van der Waals surface area (Å²) in [6.45, 7) is 8.36. The van der Waals surface area contributed by atoms with Crippen LogP contribution in [-0.2, 0) is 6.54 Å². The van der Waals surface area contributed by atoms with Crippen molar-refractivity contribution >= 4 is 11.9 Å². The zero-order valence-corrected chi connectivity index (χ0v) is 14.9. The van der Waals surface area contributed by atoms with Gasteiger partial charge >= 0.3 is 6.03 Å². The van der Waals surface area contributed by atoms with Gasteiger partial charge in [-0.15, -0.1) is 0 Å². The lowest BCUT2D eigenvalue weighted by Crippen LogP contribution is -2.39. The van der Waals surface area contributed by atoms with Crippen molar-refractivity contribution in [3.63, 3.8) is 0 Å². The quantitative estimate of drug-likeness (QED) is 0.874. The number of nitrogens with zero attached hydrogens (tertiary/aromatic N) is 3. The molecule has 6 nitrogen and oxygen atoms in total. The highest BCUT2D eigenvalue weighted by Crippen LogP contribution is 2.20. The molecule has 2 heterocycles. The fourth-order valence-electron chi connectivity index (χ4n) is 3.32. The molecule has 0 bridgehead atoms. The summed E-state index contributed by atoms with van der Waals surface area (Å²) in [6.07, 6.45) is 1.12. The first kappa shape index (κ1) is 17.5. The second kappa shape index (κ2) is 8.16. The Balaban J connectivity index is 1.49. The molecule has 134 valence electrons. The van der Waals surface area contributed by atoms with Crippen molar-refractivity contribution in [2.75, 3.05) is 31.5 Å². The Morgan fingerprint density at radius 3 is 2.88 bits per heavy atom. The highest BCUT2D eigenvalue weighted by Gasteiger charge is 2.26. The molecule has 0 spiro atoms. The molecule has 1 aliphatic rings. The van der Waals surface area contributed by atoms with E-state index in [1.165, 1.54) is 5.56 Å². The highest BCUT2D eigenvalue weighted by atomic mass is 16.5. The van der Waals surface area contributed by atoms with Crippen molar-refractivity contribution in [2.45, 2.75) is 26.8 Å². The molecule has 2 aromatic rings. The normalized spacial score (nSPS) is 17.6. The van der Waals surface area contributed by atoms with E-state index in [9.17, 15) is 4.79 Å². The van der Waals surface area contributed by atoms with Crippen LogP contribution in [0.1, 0.15) is 24.6 Å². The number of aryl methyl sites for hydroxylation is 1. The summed E-state index contributed by atoms with van der Waals surface area (Å²) in [5.74, 6) is 0.906. The van der Waals surface area contributed by atoms with Crippen LogP contribution in [-0.4, -0.2) is 47.2 Å². The Bertz CT molecular complexity index is 686. The van der Waals surface area contributed by atoms with Gasteiger partial charge in [0.2, 0.25) is 5.88 Å². The lowest BCUT2D eigenvalue weighted by atomic mass is 10.1. The van der Waals surface area contributed by atoms with Crippen LogP contribution in [0.2, 0.25) is 0 Å². The third kappa shape index (κ3) is 4.82. The maximum absolute atomic E-state index is 12.4. The summed E-state index contributed by atoms with van der Waals surface area (Å²) in [6, 6.07) is 12.1. The lowest BCUT2D eigenvalue weighted by Gasteiger charge is -2.24. The zero-order chi connectivity index (χ0) is 17.6. The number of likely N-dealkylation sites (tertiary alicyclic amines) is 1. The van der Waals surface area contributed by atoms with Gasteiger partial charge in [-0.25, -0.2) is 4.79 Å². The summed E-state index contributed by atoms with van der Waals surface area (Å²) in [5.41, 5.74) is 2.10. The maximum Gasteiger partial charge on any atom is 0.324 e. The van der Waals surface area contributed by atoms with E-state index in [2.05, 4.69) is 39.6 Å². The minimum atomic E-state index is -0.125. The third-order valence-corrected chi connectivity index (χ3v) is 4.62. The number of benzene rings is 1. The minimum absolute atomic E-state index is 0.125. The molecule has 25 heavy (non-hydrogen) atoms. The largest absolute Gasteiger partial charge is 0.338 e. The molecular formula is C19H26N4O2. The Labute approximate surface area is 148 Å². The fourth-order valence-corrected chi connectivity index (χ4v) is 3.32. The van der Waals surface area contributed by atoms with Gasteiger partial charge in [0.15, 0.2) is 0 Å². The van der Waals surface area contributed by atoms with Crippen molar-refractivity contribution in [2.24, 2.45) is 5.92 Å². The molecule has 1 fully saturated rings. The monoisotopic (exact) mass is 342 g/mol. The van der Waals surface area contributed by atoms with Crippen LogP contribution >= 0.6 is 0 Å². The standard InChI is InChI=1S/C19H26N4O2/c1-3-23(19(24)20-18-11-15(2)21-25-18)14-17-9-10-22(13-17)12-16-7-5-4-6-8-16/h4-8,11,17H,3,9-10,12-14H2,1-2H3,(H,20,24)/t17-/m0/s1. The van der Waals surface area contributed by atoms with E-state index in [1.54, 1.807) is 6.07 Å². The van der Waals surface area contributed by atoms with Crippen molar-refractivity contribution < 1.29 is 9.32 Å². The van der Waals surface area contributed by atoms with Gasteiger partial charge < -0.3 is 9.42 Å². The summed E-state index contributed by atoms with van der Waals surface area (Å²) in [5, 5.41) is 6.58. The first-order valence-corrected chi connectivity index (χ1v) is 8.89. The predicted octanol–water partition coefficient (Wildman–Crippen LogP) is 3.36. The number of hydrogen-bond donors (Lipinski definition) is 1. The van der Waals surface area contributed by atoms with Gasteiger partial charge in [0.25, 0.3) is 0 Å². The molecule has 2 amide bonds. The number of carbonyl (C=O) groups excluding carboxylic acids is 1.